The van der Waals surface area contributed by atoms with Crippen LogP contribution in [-0.4, -0.2) is 20.2 Å². The molecule has 6 nitrogen and oxygen atoms in total. The van der Waals surface area contributed by atoms with Gasteiger partial charge in [-0.25, -0.2) is 9.37 Å². The van der Waals surface area contributed by atoms with E-state index in [1.54, 1.807) is 18.2 Å². The average molecular weight is 385 g/mol. The summed E-state index contributed by atoms with van der Waals surface area (Å²) in [4.78, 5) is 19.3. The minimum Gasteiger partial charge on any atom is -0.330 e. The molecule has 0 fully saturated rings. The highest BCUT2D eigenvalue weighted by Crippen LogP contribution is 2.29. The molecule has 0 spiro atoms. The molecule has 0 radical (unpaired) electrons. The number of aromatic nitrogens is 4. The molecule has 0 amide bonds. The van der Waals surface area contributed by atoms with Crippen LogP contribution in [0.15, 0.2) is 57.7 Å². The van der Waals surface area contributed by atoms with Crippen LogP contribution in [0, 0.1) is 5.82 Å². The number of benzene rings is 2. The molecule has 0 aliphatic rings. The third kappa shape index (κ3) is 3.73. The number of halogens is 1. The first-order valence-corrected chi connectivity index (χ1v) is 9.44. The normalized spacial score (nSPS) is 11.0. The van der Waals surface area contributed by atoms with E-state index in [1.165, 1.54) is 35.2 Å². The van der Waals surface area contributed by atoms with Gasteiger partial charge >= 0.3 is 0 Å². The van der Waals surface area contributed by atoms with Gasteiger partial charge in [0.25, 0.3) is 5.56 Å². The quantitative estimate of drug-likeness (QED) is 0.506. The summed E-state index contributed by atoms with van der Waals surface area (Å²) in [5, 5.41) is 12.3. The zero-order valence-corrected chi connectivity index (χ0v) is 14.9. The first-order valence-electron chi connectivity index (χ1n) is 7.64. The fraction of sp³-hybridized carbons (Fsp3) is 0.0588. The first-order chi connectivity index (χ1) is 12.7. The second-order valence-electron chi connectivity index (χ2n) is 5.33. The maximum absolute atomic E-state index is 13.2. The Morgan fingerprint density at radius 1 is 1.15 bits per heavy atom. The van der Waals surface area contributed by atoms with Crippen molar-refractivity contribution in [3.8, 4) is 0 Å². The monoisotopic (exact) mass is 385 g/mol. The van der Waals surface area contributed by atoms with Crippen molar-refractivity contribution < 1.29 is 4.39 Å². The van der Waals surface area contributed by atoms with Gasteiger partial charge in [-0.2, -0.15) is 0 Å². The van der Waals surface area contributed by atoms with E-state index in [4.69, 9.17) is 0 Å². The van der Waals surface area contributed by atoms with E-state index in [1.807, 2.05) is 18.2 Å². The summed E-state index contributed by atoms with van der Waals surface area (Å²) < 4.78 is 13.9. The van der Waals surface area contributed by atoms with Crippen molar-refractivity contribution in [1.29, 1.82) is 0 Å². The SMILES string of the molecule is O=c1[nH]c(CSc2nnc(Nc3cccc(F)c3)s2)nc2ccccc12. The number of hydrogen-bond acceptors (Lipinski definition) is 7. The third-order valence-electron chi connectivity index (χ3n) is 3.48. The number of thioether (sulfide) groups is 1. The number of nitrogens with one attached hydrogen (secondary N) is 2. The van der Waals surface area contributed by atoms with Crippen molar-refractivity contribution in [3.63, 3.8) is 0 Å². The predicted octanol–water partition coefficient (Wildman–Crippen LogP) is 3.95. The van der Waals surface area contributed by atoms with E-state index in [-0.39, 0.29) is 11.4 Å². The van der Waals surface area contributed by atoms with Crippen molar-refractivity contribution in [2.75, 3.05) is 5.32 Å². The first kappa shape index (κ1) is 16.7. The fourth-order valence-electron chi connectivity index (χ4n) is 2.34. The van der Waals surface area contributed by atoms with Crippen LogP contribution in [0.25, 0.3) is 10.9 Å². The molecule has 2 N–H and O–H groups in total. The van der Waals surface area contributed by atoms with Crippen molar-refractivity contribution in [3.05, 3.63) is 70.5 Å². The average Bonchev–Trinajstić information content (AvgIpc) is 3.07. The summed E-state index contributed by atoms with van der Waals surface area (Å²) in [6.07, 6.45) is 0. The number of para-hydroxylation sites is 1. The molecule has 130 valence electrons. The Balaban J connectivity index is 1.46. The topological polar surface area (TPSA) is 83.6 Å². The van der Waals surface area contributed by atoms with E-state index in [0.29, 0.717) is 33.3 Å². The zero-order valence-electron chi connectivity index (χ0n) is 13.3. The van der Waals surface area contributed by atoms with Gasteiger partial charge in [-0.15, -0.1) is 10.2 Å². The Bertz CT molecular complexity index is 1130. The van der Waals surface area contributed by atoms with Gasteiger partial charge in [-0.3, -0.25) is 4.79 Å². The number of hydrogen-bond donors (Lipinski definition) is 2. The minimum absolute atomic E-state index is 0.156. The van der Waals surface area contributed by atoms with Gasteiger partial charge in [0.1, 0.15) is 11.6 Å². The highest BCUT2D eigenvalue weighted by atomic mass is 32.2. The standard InChI is InChI=1S/C17H12FN5OS2/c18-10-4-3-5-11(8-10)19-16-22-23-17(26-16)25-9-14-20-13-7-2-1-6-12(13)15(24)21-14/h1-8H,9H2,(H,19,22)(H,20,21,24). The van der Waals surface area contributed by atoms with Gasteiger partial charge in [0.15, 0.2) is 4.34 Å². The van der Waals surface area contributed by atoms with Crippen LogP contribution in [0.4, 0.5) is 15.2 Å². The van der Waals surface area contributed by atoms with Crippen LogP contribution >= 0.6 is 23.1 Å². The molecule has 0 unspecified atom stereocenters. The van der Waals surface area contributed by atoms with Crippen molar-refractivity contribution in [1.82, 2.24) is 20.2 Å². The molecule has 0 aliphatic carbocycles. The third-order valence-corrected chi connectivity index (χ3v) is 5.46. The maximum Gasteiger partial charge on any atom is 0.258 e. The molecule has 26 heavy (non-hydrogen) atoms. The van der Waals surface area contributed by atoms with Gasteiger partial charge in [-0.1, -0.05) is 41.3 Å². The molecule has 0 atom stereocenters. The number of aromatic amines is 1. The van der Waals surface area contributed by atoms with Crippen molar-refractivity contribution in [2.24, 2.45) is 0 Å². The molecule has 0 saturated carbocycles. The molecule has 0 saturated heterocycles. The van der Waals surface area contributed by atoms with E-state index in [2.05, 4.69) is 25.5 Å². The van der Waals surface area contributed by atoms with Crippen molar-refractivity contribution >= 4 is 44.8 Å². The van der Waals surface area contributed by atoms with E-state index in [9.17, 15) is 9.18 Å². The molecule has 9 heteroatoms. The molecule has 4 rings (SSSR count). The number of H-pyrrole nitrogens is 1. The Labute approximate surface area is 155 Å². The molecule has 0 aliphatic heterocycles. The Hall–Kier alpha value is -2.78. The van der Waals surface area contributed by atoms with Crippen LogP contribution in [-0.2, 0) is 5.75 Å². The van der Waals surface area contributed by atoms with Crippen LogP contribution in [0.5, 0.6) is 0 Å². The second-order valence-corrected chi connectivity index (χ2v) is 7.53. The Morgan fingerprint density at radius 3 is 2.92 bits per heavy atom. The highest BCUT2D eigenvalue weighted by molar-refractivity contribution is 8.00. The highest BCUT2D eigenvalue weighted by Gasteiger charge is 2.08. The molecular weight excluding hydrogens is 373 g/mol. The van der Waals surface area contributed by atoms with E-state index in [0.717, 1.165) is 4.34 Å². The lowest BCUT2D eigenvalue weighted by Gasteiger charge is -2.01. The smallest absolute Gasteiger partial charge is 0.258 e. The van der Waals surface area contributed by atoms with Gasteiger partial charge < -0.3 is 10.3 Å². The van der Waals surface area contributed by atoms with Gasteiger partial charge in [0, 0.05) is 5.69 Å². The van der Waals surface area contributed by atoms with Gasteiger partial charge in [-0.05, 0) is 30.3 Å². The van der Waals surface area contributed by atoms with Crippen LogP contribution in [0.2, 0.25) is 0 Å². The van der Waals surface area contributed by atoms with Crippen LogP contribution in [0.3, 0.4) is 0 Å². The minimum atomic E-state index is -0.319. The van der Waals surface area contributed by atoms with Crippen LogP contribution in [0.1, 0.15) is 5.82 Å². The Morgan fingerprint density at radius 2 is 2.04 bits per heavy atom. The maximum atomic E-state index is 13.2. The fourth-order valence-corrected chi connectivity index (χ4v) is 3.98. The molecule has 4 aromatic rings. The molecule has 2 aromatic carbocycles. The number of anilines is 2. The molecule has 0 bridgehead atoms. The molecular formula is C17H12FN5OS2. The summed E-state index contributed by atoms with van der Waals surface area (Å²) in [5.74, 6) is 0.725. The Kier molecular flexibility index (Phi) is 4.63. The summed E-state index contributed by atoms with van der Waals surface area (Å²) in [6.45, 7) is 0. The van der Waals surface area contributed by atoms with Gasteiger partial charge in [0.05, 0.1) is 16.7 Å². The number of fused-ring (bicyclic) bond motifs is 1. The number of rotatable bonds is 5. The lowest BCUT2D eigenvalue weighted by molar-refractivity contribution is 0.628. The van der Waals surface area contributed by atoms with E-state index >= 15 is 0 Å². The largest absolute Gasteiger partial charge is 0.330 e. The summed E-state index contributed by atoms with van der Waals surface area (Å²) >= 11 is 2.77. The van der Waals surface area contributed by atoms with Crippen LogP contribution < -0.4 is 10.9 Å². The lowest BCUT2D eigenvalue weighted by atomic mass is 10.2. The number of nitrogens with zero attached hydrogens (tertiary/aromatic N) is 3. The van der Waals surface area contributed by atoms with Crippen molar-refractivity contribution in [2.45, 2.75) is 10.1 Å². The molecule has 2 aromatic heterocycles. The predicted molar refractivity (Wildman–Crippen MR) is 102 cm³/mol. The lowest BCUT2D eigenvalue weighted by Crippen LogP contribution is -2.11. The zero-order chi connectivity index (χ0) is 17.9. The summed E-state index contributed by atoms with van der Waals surface area (Å²) in [6, 6.07) is 13.3. The van der Waals surface area contributed by atoms with Gasteiger partial charge in [0.2, 0.25) is 5.13 Å². The second kappa shape index (κ2) is 7.22. The summed E-state index contributed by atoms with van der Waals surface area (Å²) in [7, 11) is 0. The van der Waals surface area contributed by atoms with E-state index < -0.39 is 0 Å². The summed E-state index contributed by atoms with van der Waals surface area (Å²) in [5.41, 5.74) is 1.12. The molecule has 2 heterocycles.